The van der Waals surface area contributed by atoms with Crippen LogP contribution in [0.5, 0.6) is 5.75 Å². The summed E-state index contributed by atoms with van der Waals surface area (Å²) in [6, 6.07) is 2.71. The van der Waals surface area contributed by atoms with E-state index in [1.165, 1.54) is 19.2 Å². The van der Waals surface area contributed by atoms with Crippen molar-refractivity contribution in [3.05, 3.63) is 17.2 Å². The Morgan fingerprint density at radius 1 is 1.50 bits per heavy atom. The van der Waals surface area contributed by atoms with Crippen molar-refractivity contribution >= 4 is 27.1 Å². The first-order chi connectivity index (χ1) is 9.39. The maximum atomic E-state index is 12.7. The first-order valence-corrected chi connectivity index (χ1v) is 7.93. The van der Waals surface area contributed by atoms with Crippen LogP contribution in [0.25, 0.3) is 0 Å². The van der Waals surface area contributed by atoms with Crippen LogP contribution in [-0.4, -0.2) is 45.2 Å². The average molecular weight is 322 g/mol. The van der Waals surface area contributed by atoms with E-state index in [1.54, 1.807) is 0 Å². The standard InChI is InChI=1S/C12H16ClNO5S/c1-18-9-6-19-5-4-10(9)20(16,17)12-7(13)2-3-8(14)11(12)15/h2-3,9-10,15H,4-6,14H2,1H3/t9-,10+/m1/s1. The van der Waals surface area contributed by atoms with Gasteiger partial charge in [0.2, 0.25) is 0 Å². The number of phenolic OH excluding ortho intramolecular Hbond substituents is 1. The second-order valence-electron chi connectivity index (χ2n) is 4.54. The zero-order chi connectivity index (χ0) is 14.9. The Morgan fingerprint density at radius 3 is 2.85 bits per heavy atom. The van der Waals surface area contributed by atoms with Crippen molar-refractivity contribution in [1.29, 1.82) is 0 Å². The molecule has 1 aromatic carbocycles. The summed E-state index contributed by atoms with van der Waals surface area (Å²) in [6.45, 7) is 0.492. The van der Waals surface area contributed by atoms with E-state index >= 15 is 0 Å². The van der Waals surface area contributed by atoms with Gasteiger partial charge in [0, 0.05) is 13.7 Å². The fraction of sp³-hybridized carbons (Fsp3) is 0.500. The minimum Gasteiger partial charge on any atom is -0.504 e. The Bertz CT molecular complexity index is 604. The molecule has 1 aliphatic heterocycles. The number of ether oxygens (including phenoxy) is 2. The molecule has 0 unspecified atom stereocenters. The Hall–Kier alpha value is -1.02. The summed E-state index contributed by atoms with van der Waals surface area (Å²) in [5.41, 5.74) is 5.52. The van der Waals surface area contributed by atoms with Crippen molar-refractivity contribution in [3.8, 4) is 5.75 Å². The monoisotopic (exact) mass is 321 g/mol. The second kappa shape index (κ2) is 5.77. The van der Waals surface area contributed by atoms with Crippen molar-refractivity contribution in [3.63, 3.8) is 0 Å². The molecule has 0 aliphatic carbocycles. The molecule has 1 fully saturated rings. The van der Waals surface area contributed by atoms with E-state index < -0.39 is 26.9 Å². The smallest absolute Gasteiger partial charge is 0.189 e. The summed E-state index contributed by atoms with van der Waals surface area (Å²) in [5, 5.41) is 9.06. The van der Waals surface area contributed by atoms with Crippen LogP contribution in [-0.2, 0) is 19.3 Å². The van der Waals surface area contributed by atoms with Gasteiger partial charge >= 0.3 is 0 Å². The zero-order valence-electron chi connectivity index (χ0n) is 10.9. The number of sulfone groups is 1. The zero-order valence-corrected chi connectivity index (χ0v) is 12.4. The molecule has 0 aromatic heterocycles. The molecule has 0 spiro atoms. The predicted octanol–water partition coefficient (Wildman–Crippen LogP) is 1.21. The first-order valence-electron chi connectivity index (χ1n) is 6.01. The number of nitrogens with two attached hydrogens (primary N) is 1. The van der Waals surface area contributed by atoms with Crippen molar-refractivity contribution in [2.75, 3.05) is 26.1 Å². The Morgan fingerprint density at radius 2 is 2.20 bits per heavy atom. The Kier molecular flexibility index (Phi) is 4.43. The van der Waals surface area contributed by atoms with E-state index in [9.17, 15) is 13.5 Å². The van der Waals surface area contributed by atoms with Crippen LogP contribution in [0, 0.1) is 0 Å². The molecule has 0 saturated carbocycles. The highest BCUT2D eigenvalue weighted by molar-refractivity contribution is 7.92. The Labute approximate surface area is 122 Å². The maximum absolute atomic E-state index is 12.7. The minimum atomic E-state index is -3.87. The normalized spacial score (nSPS) is 23.7. The van der Waals surface area contributed by atoms with E-state index in [-0.39, 0.29) is 28.6 Å². The lowest BCUT2D eigenvalue weighted by Crippen LogP contribution is -2.43. The van der Waals surface area contributed by atoms with Gasteiger partial charge in [-0.3, -0.25) is 0 Å². The summed E-state index contributed by atoms with van der Waals surface area (Å²) in [5.74, 6) is -0.515. The number of rotatable bonds is 3. The highest BCUT2D eigenvalue weighted by Crippen LogP contribution is 2.39. The van der Waals surface area contributed by atoms with Gasteiger partial charge in [0.05, 0.1) is 28.7 Å². The van der Waals surface area contributed by atoms with Gasteiger partial charge < -0.3 is 20.3 Å². The van der Waals surface area contributed by atoms with Gasteiger partial charge in [0.1, 0.15) is 4.90 Å². The predicted molar refractivity (Wildman–Crippen MR) is 74.7 cm³/mol. The lowest BCUT2D eigenvalue weighted by molar-refractivity contribution is -0.0263. The van der Waals surface area contributed by atoms with Crippen molar-refractivity contribution in [2.45, 2.75) is 22.7 Å². The summed E-state index contributed by atoms with van der Waals surface area (Å²) in [6.07, 6.45) is -0.337. The molecule has 1 aromatic rings. The third-order valence-corrected chi connectivity index (χ3v) is 6.09. The molecule has 112 valence electrons. The number of benzene rings is 1. The molecule has 8 heteroatoms. The van der Waals surface area contributed by atoms with E-state index in [4.69, 9.17) is 26.8 Å². The van der Waals surface area contributed by atoms with Gasteiger partial charge in [-0.05, 0) is 18.6 Å². The summed E-state index contributed by atoms with van der Waals surface area (Å²) >= 11 is 5.93. The van der Waals surface area contributed by atoms with Gasteiger partial charge in [-0.1, -0.05) is 11.6 Å². The molecule has 1 heterocycles. The average Bonchev–Trinajstić information content (AvgIpc) is 2.43. The minimum absolute atomic E-state index is 0.0333. The molecule has 2 atom stereocenters. The number of hydrogen-bond acceptors (Lipinski definition) is 6. The number of phenols is 1. The molecule has 20 heavy (non-hydrogen) atoms. The van der Waals surface area contributed by atoms with Crippen molar-refractivity contribution < 1.29 is 23.0 Å². The van der Waals surface area contributed by atoms with Crippen LogP contribution in [0.2, 0.25) is 5.02 Å². The lowest BCUT2D eigenvalue weighted by Gasteiger charge is -2.30. The summed E-state index contributed by atoms with van der Waals surface area (Å²) in [7, 11) is -2.45. The molecular weight excluding hydrogens is 306 g/mol. The summed E-state index contributed by atoms with van der Waals surface area (Å²) in [4.78, 5) is -0.340. The number of nitrogen functional groups attached to an aromatic ring is 1. The quantitative estimate of drug-likeness (QED) is 0.641. The first kappa shape index (κ1) is 15.4. The fourth-order valence-corrected chi connectivity index (χ4v) is 4.75. The molecule has 6 nitrogen and oxygen atoms in total. The van der Waals surface area contributed by atoms with Crippen LogP contribution < -0.4 is 5.73 Å². The molecule has 0 radical (unpaired) electrons. The van der Waals surface area contributed by atoms with Gasteiger partial charge in [-0.2, -0.15) is 0 Å². The number of anilines is 1. The molecule has 1 aliphatic rings. The maximum Gasteiger partial charge on any atom is 0.189 e. The SMILES string of the molecule is CO[C@@H]1COCC[C@@H]1S(=O)(=O)c1c(Cl)ccc(N)c1O. The number of hydrogen-bond donors (Lipinski definition) is 2. The molecule has 0 amide bonds. The molecule has 2 rings (SSSR count). The topological polar surface area (TPSA) is 98.9 Å². The van der Waals surface area contributed by atoms with Gasteiger partial charge in [-0.25, -0.2) is 8.42 Å². The van der Waals surface area contributed by atoms with E-state index in [2.05, 4.69) is 0 Å². The highest BCUT2D eigenvalue weighted by atomic mass is 35.5. The third-order valence-electron chi connectivity index (χ3n) is 3.34. The molecule has 3 N–H and O–H groups in total. The molecular formula is C12H16ClNO5S. The fourth-order valence-electron chi connectivity index (χ4n) is 2.25. The van der Waals surface area contributed by atoms with Crippen LogP contribution in [0.3, 0.4) is 0 Å². The van der Waals surface area contributed by atoms with Crippen LogP contribution in [0.15, 0.2) is 17.0 Å². The van der Waals surface area contributed by atoms with Gasteiger partial charge in [0.15, 0.2) is 15.6 Å². The second-order valence-corrected chi connectivity index (χ2v) is 7.05. The van der Waals surface area contributed by atoms with Gasteiger partial charge in [0.25, 0.3) is 0 Å². The highest BCUT2D eigenvalue weighted by Gasteiger charge is 2.40. The Balaban J connectivity index is 2.52. The summed E-state index contributed by atoms with van der Waals surface area (Å²) < 4.78 is 35.8. The van der Waals surface area contributed by atoms with Crippen LogP contribution >= 0.6 is 11.6 Å². The number of halogens is 1. The van der Waals surface area contributed by atoms with E-state index in [0.29, 0.717) is 6.61 Å². The third kappa shape index (κ3) is 2.58. The molecule has 1 saturated heterocycles. The van der Waals surface area contributed by atoms with Crippen LogP contribution in [0.4, 0.5) is 5.69 Å². The van der Waals surface area contributed by atoms with Crippen LogP contribution in [0.1, 0.15) is 6.42 Å². The number of aromatic hydroxyl groups is 1. The largest absolute Gasteiger partial charge is 0.504 e. The van der Waals surface area contributed by atoms with Gasteiger partial charge in [-0.15, -0.1) is 0 Å². The van der Waals surface area contributed by atoms with Crippen molar-refractivity contribution in [1.82, 2.24) is 0 Å². The van der Waals surface area contributed by atoms with Crippen molar-refractivity contribution in [2.24, 2.45) is 0 Å². The van der Waals surface area contributed by atoms with E-state index in [0.717, 1.165) is 0 Å². The molecule has 0 bridgehead atoms. The van der Waals surface area contributed by atoms with E-state index in [1.807, 2.05) is 0 Å². The lowest BCUT2D eigenvalue weighted by atomic mass is 10.1. The number of methoxy groups -OCH3 is 1.